The first-order valence-corrected chi connectivity index (χ1v) is 5.78. The Hall–Kier alpha value is -1.87. The van der Waals surface area contributed by atoms with E-state index in [0.29, 0.717) is 17.1 Å². The summed E-state index contributed by atoms with van der Waals surface area (Å²) in [5.41, 5.74) is 1.41. The fourth-order valence-electron chi connectivity index (χ4n) is 1.59. The Morgan fingerprint density at radius 2 is 1.67 bits per heavy atom. The molecule has 0 radical (unpaired) electrons. The van der Waals surface area contributed by atoms with Gasteiger partial charge in [0.1, 0.15) is 17.3 Å². The van der Waals surface area contributed by atoms with Gasteiger partial charge in [0.2, 0.25) is 0 Å². The molecule has 0 saturated heterocycles. The van der Waals surface area contributed by atoms with E-state index in [1.165, 1.54) is 6.07 Å². The van der Waals surface area contributed by atoms with E-state index in [2.05, 4.69) is 0 Å². The van der Waals surface area contributed by atoms with Crippen molar-refractivity contribution in [1.82, 2.24) is 0 Å². The molecule has 0 aliphatic carbocycles. The van der Waals surface area contributed by atoms with E-state index in [0.717, 1.165) is 5.56 Å². The van der Waals surface area contributed by atoms with Gasteiger partial charge in [-0.3, -0.25) is 0 Å². The van der Waals surface area contributed by atoms with Gasteiger partial charge in [-0.1, -0.05) is 18.2 Å². The normalized spacial score (nSPS) is 12.2. The number of rotatable bonds is 3. The number of halogens is 1. The molecular formula is C15H15FO2. The molecule has 1 N–H and O–H groups in total. The molecule has 18 heavy (non-hydrogen) atoms. The lowest BCUT2D eigenvalue weighted by molar-refractivity contribution is 0.199. The van der Waals surface area contributed by atoms with Crippen molar-refractivity contribution in [3.63, 3.8) is 0 Å². The molecule has 0 aliphatic heterocycles. The lowest BCUT2D eigenvalue weighted by Crippen LogP contribution is -1.91. The van der Waals surface area contributed by atoms with Gasteiger partial charge in [0, 0.05) is 6.07 Å². The molecule has 2 nitrogen and oxygen atoms in total. The fraction of sp³-hybridized carbons (Fsp3) is 0.200. The lowest BCUT2D eigenvalue weighted by atomic mass is 10.1. The average molecular weight is 246 g/mol. The molecule has 1 unspecified atom stereocenters. The highest BCUT2D eigenvalue weighted by molar-refractivity contribution is 5.35. The third-order valence-corrected chi connectivity index (χ3v) is 2.74. The first kappa shape index (κ1) is 12.6. The van der Waals surface area contributed by atoms with Gasteiger partial charge < -0.3 is 9.84 Å². The van der Waals surface area contributed by atoms with Crippen molar-refractivity contribution in [2.45, 2.75) is 20.0 Å². The molecule has 0 saturated carbocycles. The van der Waals surface area contributed by atoms with Crippen molar-refractivity contribution in [2.75, 3.05) is 0 Å². The highest BCUT2D eigenvalue weighted by Gasteiger charge is 2.03. The van der Waals surface area contributed by atoms with Crippen LogP contribution in [0.15, 0.2) is 42.5 Å². The Labute approximate surface area is 106 Å². The minimum atomic E-state index is -0.504. The van der Waals surface area contributed by atoms with E-state index in [1.54, 1.807) is 50.2 Å². The van der Waals surface area contributed by atoms with E-state index < -0.39 is 6.10 Å². The Balaban J connectivity index is 2.15. The van der Waals surface area contributed by atoms with Crippen LogP contribution in [0.1, 0.15) is 24.2 Å². The van der Waals surface area contributed by atoms with Crippen molar-refractivity contribution in [3.05, 3.63) is 59.4 Å². The van der Waals surface area contributed by atoms with Crippen LogP contribution in [0.4, 0.5) is 4.39 Å². The van der Waals surface area contributed by atoms with Crippen molar-refractivity contribution >= 4 is 0 Å². The molecule has 2 aromatic rings. The zero-order valence-corrected chi connectivity index (χ0v) is 10.4. The molecule has 2 rings (SSSR count). The number of ether oxygens (including phenoxy) is 1. The summed E-state index contributed by atoms with van der Waals surface area (Å²) in [4.78, 5) is 0. The van der Waals surface area contributed by atoms with Crippen LogP contribution in [0.5, 0.6) is 11.5 Å². The largest absolute Gasteiger partial charge is 0.457 e. The maximum absolute atomic E-state index is 13.3. The topological polar surface area (TPSA) is 29.5 Å². The third kappa shape index (κ3) is 2.87. The molecule has 0 spiro atoms. The van der Waals surface area contributed by atoms with Crippen LogP contribution in [0, 0.1) is 12.7 Å². The summed E-state index contributed by atoms with van der Waals surface area (Å²) >= 11 is 0. The van der Waals surface area contributed by atoms with Crippen LogP contribution in [0.25, 0.3) is 0 Å². The Bertz CT molecular complexity index is 533. The predicted octanol–water partition coefficient (Wildman–Crippen LogP) is 3.98. The molecule has 1 atom stereocenters. The van der Waals surface area contributed by atoms with Gasteiger partial charge in [0.05, 0.1) is 6.10 Å². The van der Waals surface area contributed by atoms with E-state index in [-0.39, 0.29) is 5.82 Å². The van der Waals surface area contributed by atoms with Crippen LogP contribution >= 0.6 is 0 Å². The summed E-state index contributed by atoms with van der Waals surface area (Å²) in [6.07, 6.45) is -0.504. The van der Waals surface area contributed by atoms with Gasteiger partial charge in [-0.2, -0.15) is 0 Å². The molecule has 0 bridgehead atoms. The summed E-state index contributed by atoms with van der Waals surface area (Å²) in [6, 6.07) is 11.8. The molecule has 2 aromatic carbocycles. The molecular weight excluding hydrogens is 231 g/mol. The first-order chi connectivity index (χ1) is 8.56. The molecule has 0 amide bonds. The van der Waals surface area contributed by atoms with Gasteiger partial charge in [0.15, 0.2) is 0 Å². The van der Waals surface area contributed by atoms with Crippen LogP contribution < -0.4 is 4.74 Å². The summed E-state index contributed by atoms with van der Waals surface area (Å²) < 4.78 is 18.9. The fourth-order valence-corrected chi connectivity index (χ4v) is 1.59. The highest BCUT2D eigenvalue weighted by atomic mass is 19.1. The third-order valence-electron chi connectivity index (χ3n) is 2.74. The standard InChI is InChI=1S/C15H15FO2/c1-10-3-6-14(9-15(10)16)18-13-7-4-12(5-8-13)11(2)17/h3-9,11,17H,1-2H3. The molecule has 0 aliphatic rings. The number of aliphatic hydroxyl groups excluding tert-OH is 1. The van der Waals surface area contributed by atoms with Gasteiger partial charge in [-0.15, -0.1) is 0 Å². The second-order valence-electron chi connectivity index (χ2n) is 4.26. The molecule has 0 fully saturated rings. The minimum absolute atomic E-state index is 0.284. The smallest absolute Gasteiger partial charge is 0.130 e. The Morgan fingerprint density at radius 1 is 1.06 bits per heavy atom. The van der Waals surface area contributed by atoms with E-state index >= 15 is 0 Å². The van der Waals surface area contributed by atoms with Crippen LogP contribution in [-0.4, -0.2) is 5.11 Å². The Morgan fingerprint density at radius 3 is 2.22 bits per heavy atom. The number of aliphatic hydroxyl groups is 1. The zero-order chi connectivity index (χ0) is 13.1. The van der Waals surface area contributed by atoms with Crippen LogP contribution in [-0.2, 0) is 0 Å². The monoisotopic (exact) mass is 246 g/mol. The number of aryl methyl sites for hydroxylation is 1. The molecule has 3 heteroatoms. The molecule has 0 heterocycles. The van der Waals surface area contributed by atoms with E-state index in [9.17, 15) is 9.50 Å². The zero-order valence-electron chi connectivity index (χ0n) is 10.4. The second kappa shape index (κ2) is 5.19. The average Bonchev–Trinajstić information content (AvgIpc) is 2.34. The Kier molecular flexibility index (Phi) is 3.63. The molecule has 94 valence electrons. The number of hydrogen-bond donors (Lipinski definition) is 1. The summed E-state index contributed by atoms with van der Waals surface area (Å²) in [6.45, 7) is 3.40. The predicted molar refractivity (Wildman–Crippen MR) is 68.3 cm³/mol. The van der Waals surface area contributed by atoms with Crippen molar-refractivity contribution in [1.29, 1.82) is 0 Å². The second-order valence-corrected chi connectivity index (χ2v) is 4.26. The lowest BCUT2D eigenvalue weighted by Gasteiger charge is -2.08. The SMILES string of the molecule is Cc1ccc(Oc2ccc(C(C)O)cc2)cc1F. The van der Waals surface area contributed by atoms with Crippen molar-refractivity contribution in [3.8, 4) is 11.5 Å². The summed E-state index contributed by atoms with van der Waals surface area (Å²) in [7, 11) is 0. The number of benzene rings is 2. The van der Waals surface area contributed by atoms with Gasteiger partial charge in [0.25, 0.3) is 0 Å². The van der Waals surface area contributed by atoms with Crippen LogP contribution in [0.2, 0.25) is 0 Å². The minimum Gasteiger partial charge on any atom is -0.457 e. The maximum atomic E-state index is 13.3. The van der Waals surface area contributed by atoms with Gasteiger partial charge in [-0.05, 0) is 43.2 Å². The first-order valence-electron chi connectivity index (χ1n) is 5.78. The quantitative estimate of drug-likeness (QED) is 0.887. The van der Waals surface area contributed by atoms with Crippen LogP contribution in [0.3, 0.4) is 0 Å². The van der Waals surface area contributed by atoms with Gasteiger partial charge in [-0.25, -0.2) is 4.39 Å². The van der Waals surface area contributed by atoms with E-state index in [1.807, 2.05) is 0 Å². The maximum Gasteiger partial charge on any atom is 0.130 e. The van der Waals surface area contributed by atoms with Crippen molar-refractivity contribution in [2.24, 2.45) is 0 Å². The van der Waals surface area contributed by atoms with Crippen molar-refractivity contribution < 1.29 is 14.2 Å². The highest BCUT2D eigenvalue weighted by Crippen LogP contribution is 2.24. The van der Waals surface area contributed by atoms with Gasteiger partial charge >= 0.3 is 0 Å². The summed E-state index contributed by atoms with van der Waals surface area (Å²) in [5, 5.41) is 9.38. The molecule has 0 aromatic heterocycles. The number of hydrogen-bond acceptors (Lipinski definition) is 2. The van der Waals surface area contributed by atoms with E-state index in [4.69, 9.17) is 4.74 Å². The summed E-state index contributed by atoms with van der Waals surface area (Å²) in [5.74, 6) is 0.790.